The Bertz CT molecular complexity index is 450. The molecule has 0 N–H and O–H groups in total. The minimum absolute atomic E-state index is 0.447. The van der Waals surface area contributed by atoms with Crippen LogP contribution in [-0.2, 0) is 4.79 Å². The summed E-state index contributed by atoms with van der Waals surface area (Å²) < 4.78 is 50.2. The van der Waals surface area contributed by atoms with E-state index in [-0.39, 0.29) is 0 Å². The highest BCUT2D eigenvalue weighted by atomic mass is 35.5. The summed E-state index contributed by atoms with van der Waals surface area (Å²) in [6.07, 6.45) is -4.03. The lowest BCUT2D eigenvalue weighted by atomic mass is 10.1. The maximum absolute atomic E-state index is 13.0. The number of rotatable bonds is 4. The molecule has 1 aromatic rings. The predicted octanol–water partition coefficient (Wildman–Crippen LogP) is 3.76. The molecule has 19 heavy (non-hydrogen) atoms. The largest absolute Gasteiger partial charge is 0.383 e. The number of carbonyl (C=O) groups excluding carboxylic acids is 1. The summed E-state index contributed by atoms with van der Waals surface area (Å²) in [5.74, 6) is -6.60. The van der Waals surface area contributed by atoms with Gasteiger partial charge in [-0.2, -0.15) is 8.78 Å². The van der Waals surface area contributed by atoms with E-state index in [9.17, 15) is 22.4 Å². The van der Waals surface area contributed by atoms with Crippen LogP contribution in [0.2, 0.25) is 5.02 Å². The van der Waals surface area contributed by atoms with E-state index in [4.69, 9.17) is 11.6 Å². The molecule has 0 spiro atoms. The molecule has 0 saturated heterocycles. The van der Waals surface area contributed by atoms with Crippen LogP contribution in [0, 0.1) is 0 Å². The molecule has 0 saturated carbocycles. The average molecular weight is 298 g/mol. The number of hydrogen-bond donors (Lipinski definition) is 0. The molecule has 0 fully saturated rings. The van der Waals surface area contributed by atoms with E-state index in [0.717, 1.165) is 7.05 Å². The number of hydrogen-bond acceptors (Lipinski definition) is 1. The van der Waals surface area contributed by atoms with Crippen molar-refractivity contribution in [3.8, 4) is 0 Å². The second kappa shape index (κ2) is 5.77. The molecule has 106 valence electrons. The first-order chi connectivity index (χ1) is 8.67. The van der Waals surface area contributed by atoms with Gasteiger partial charge in [-0.1, -0.05) is 23.7 Å². The van der Waals surface area contributed by atoms with Gasteiger partial charge in [0, 0.05) is 12.1 Å². The highest BCUT2D eigenvalue weighted by molar-refractivity contribution is 6.30. The van der Waals surface area contributed by atoms with Gasteiger partial charge >= 0.3 is 12.3 Å². The molecular formula is C12H12ClF4NO. The molecule has 1 unspecified atom stereocenters. The van der Waals surface area contributed by atoms with Crippen molar-refractivity contribution in [2.45, 2.75) is 25.3 Å². The predicted molar refractivity (Wildman–Crippen MR) is 63.6 cm³/mol. The van der Waals surface area contributed by atoms with E-state index >= 15 is 0 Å². The lowest BCUT2D eigenvalue weighted by Crippen LogP contribution is -2.46. The summed E-state index contributed by atoms with van der Waals surface area (Å²) in [4.78, 5) is 12.0. The lowest BCUT2D eigenvalue weighted by molar-refractivity contribution is -0.181. The summed E-state index contributed by atoms with van der Waals surface area (Å²) in [5, 5.41) is 0.447. The van der Waals surface area contributed by atoms with Crippen LogP contribution in [0.5, 0.6) is 0 Å². The second-order valence-corrected chi connectivity index (χ2v) is 4.50. The van der Waals surface area contributed by atoms with Crippen molar-refractivity contribution in [1.82, 2.24) is 4.90 Å². The number of halogens is 5. The van der Waals surface area contributed by atoms with Crippen molar-refractivity contribution in [3.63, 3.8) is 0 Å². The summed E-state index contributed by atoms with van der Waals surface area (Å²) in [5.41, 5.74) is 0.519. The van der Waals surface area contributed by atoms with Crippen molar-refractivity contribution >= 4 is 17.5 Å². The molecule has 0 heterocycles. The van der Waals surface area contributed by atoms with Crippen LogP contribution in [0.3, 0.4) is 0 Å². The third-order valence-electron chi connectivity index (χ3n) is 2.81. The van der Waals surface area contributed by atoms with E-state index in [1.807, 2.05) is 0 Å². The van der Waals surface area contributed by atoms with E-state index < -0.39 is 24.3 Å². The minimum Gasteiger partial charge on any atom is -0.334 e. The molecular weight excluding hydrogens is 286 g/mol. The summed E-state index contributed by atoms with van der Waals surface area (Å²) >= 11 is 5.67. The van der Waals surface area contributed by atoms with E-state index in [1.54, 1.807) is 0 Å². The zero-order valence-electron chi connectivity index (χ0n) is 10.2. The summed E-state index contributed by atoms with van der Waals surface area (Å²) in [6.45, 7) is 1.46. The summed E-state index contributed by atoms with van der Waals surface area (Å²) in [7, 11) is 1.05. The van der Waals surface area contributed by atoms with Crippen LogP contribution in [-0.4, -0.2) is 30.2 Å². The van der Waals surface area contributed by atoms with E-state index in [1.165, 1.54) is 31.2 Å². The Kier molecular flexibility index (Phi) is 4.79. The Labute approximate surface area is 113 Å². The Hall–Kier alpha value is -1.30. The highest BCUT2D eigenvalue weighted by Crippen LogP contribution is 2.29. The van der Waals surface area contributed by atoms with Gasteiger partial charge in [-0.3, -0.25) is 4.79 Å². The molecule has 0 aliphatic heterocycles. The Morgan fingerprint density at radius 2 is 1.74 bits per heavy atom. The van der Waals surface area contributed by atoms with Crippen LogP contribution in [0.15, 0.2) is 24.3 Å². The number of benzene rings is 1. The molecule has 7 heteroatoms. The minimum atomic E-state index is -4.69. The van der Waals surface area contributed by atoms with Crippen LogP contribution in [0.1, 0.15) is 18.5 Å². The molecule has 0 bridgehead atoms. The van der Waals surface area contributed by atoms with Crippen molar-refractivity contribution < 1.29 is 22.4 Å². The number of amides is 1. The van der Waals surface area contributed by atoms with Gasteiger partial charge in [0.25, 0.3) is 5.91 Å². The van der Waals surface area contributed by atoms with Crippen LogP contribution >= 0.6 is 11.6 Å². The van der Waals surface area contributed by atoms with Crippen molar-refractivity contribution in [2.75, 3.05) is 7.05 Å². The fraction of sp³-hybridized carbons (Fsp3) is 0.417. The third kappa shape index (κ3) is 3.37. The van der Waals surface area contributed by atoms with Gasteiger partial charge in [0.05, 0.1) is 6.04 Å². The van der Waals surface area contributed by atoms with Gasteiger partial charge in [0.15, 0.2) is 0 Å². The molecule has 1 atom stereocenters. The van der Waals surface area contributed by atoms with E-state index in [0.29, 0.717) is 15.5 Å². The maximum atomic E-state index is 13.0. The number of nitrogens with zero attached hydrogens (tertiary/aromatic N) is 1. The van der Waals surface area contributed by atoms with Crippen molar-refractivity contribution in [3.05, 3.63) is 34.9 Å². The van der Waals surface area contributed by atoms with Gasteiger partial charge < -0.3 is 4.90 Å². The quantitative estimate of drug-likeness (QED) is 0.775. The van der Waals surface area contributed by atoms with Crippen LogP contribution < -0.4 is 0 Å². The molecule has 1 aromatic carbocycles. The second-order valence-electron chi connectivity index (χ2n) is 4.07. The first-order valence-electron chi connectivity index (χ1n) is 5.36. The number of carbonyl (C=O) groups is 1. The van der Waals surface area contributed by atoms with Gasteiger partial charge in [-0.25, -0.2) is 8.78 Å². The maximum Gasteiger partial charge on any atom is 0.383 e. The Morgan fingerprint density at radius 3 is 2.16 bits per heavy atom. The molecule has 2 nitrogen and oxygen atoms in total. The zero-order chi connectivity index (χ0) is 14.8. The molecule has 0 aliphatic rings. The average Bonchev–Trinajstić information content (AvgIpc) is 2.36. The first-order valence-corrected chi connectivity index (χ1v) is 5.74. The summed E-state index contributed by atoms with van der Waals surface area (Å²) in [6, 6.07) is 5.36. The molecule has 0 aliphatic carbocycles. The van der Waals surface area contributed by atoms with E-state index in [2.05, 4.69) is 0 Å². The van der Waals surface area contributed by atoms with Crippen LogP contribution in [0.25, 0.3) is 0 Å². The zero-order valence-corrected chi connectivity index (χ0v) is 11.0. The van der Waals surface area contributed by atoms with Crippen molar-refractivity contribution in [1.29, 1.82) is 0 Å². The molecule has 1 amide bonds. The SMILES string of the molecule is CC(c1ccc(Cl)cc1)N(C)C(=O)C(F)(F)C(F)F. The first kappa shape index (κ1) is 15.8. The normalized spacial score (nSPS) is 13.5. The highest BCUT2D eigenvalue weighted by Gasteiger charge is 2.51. The number of alkyl halides is 4. The topological polar surface area (TPSA) is 20.3 Å². The van der Waals surface area contributed by atoms with Gasteiger partial charge in [0.1, 0.15) is 0 Å². The lowest BCUT2D eigenvalue weighted by Gasteiger charge is -2.28. The van der Waals surface area contributed by atoms with Crippen molar-refractivity contribution in [2.24, 2.45) is 0 Å². The van der Waals surface area contributed by atoms with Gasteiger partial charge in [-0.15, -0.1) is 0 Å². The van der Waals surface area contributed by atoms with Gasteiger partial charge in [0.2, 0.25) is 0 Å². The fourth-order valence-electron chi connectivity index (χ4n) is 1.47. The van der Waals surface area contributed by atoms with Gasteiger partial charge in [-0.05, 0) is 24.6 Å². The Balaban J connectivity index is 2.91. The molecule has 0 aromatic heterocycles. The fourth-order valence-corrected chi connectivity index (χ4v) is 1.60. The van der Waals surface area contributed by atoms with Crippen LogP contribution in [0.4, 0.5) is 17.6 Å². The molecule has 1 rings (SSSR count). The monoisotopic (exact) mass is 297 g/mol. The smallest absolute Gasteiger partial charge is 0.334 e. The standard InChI is InChI=1S/C12H12ClF4NO/c1-7(8-3-5-9(13)6-4-8)18(2)11(19)12(16,17)10(14)15/h3-7,10H,1-2H3. The third-order valence-corrected chi connectivity index (χ3v) is 3.06. The molecule has 0 radical (unpaired) electrons. The Morgan fingerprint density at radius 1 is 1.26 bits per heavy atom.